The van der Waals surface area contributed by atoms with E-state index in [1.54, 1.807) is 23.1 Å². The summed E-state index contributed by atoms with van der Waals surface area (Å²) in [6, 6.07) is 14.3. The van der Waals surface area contributed by atoms with Crippen molar-refractivity contribution in [3.8, 4) is 0 Å². The highest BCUT2D eigenvalue weighted by atomic mass is 19.1. The Morgan fingerprint density at radius 1 is 1.11 bits per heavy atom. The van der Waals surface area contributed by atoms with E-state index in [0.717, 1.165) is 29.7 Å². The summed E-state index contributed by atoms with van der Waals surface area (Å²) in [5.74, 6) is -0.616. The van der Waals surface area contributed by atoms with E-state index in [4.69, 9.17) is 0 Å². The number of fused-ring (bicyclic) bond motifs is 1. The van der Waals surface area contributed by atoms with Gasteiger partial charge in [-0.05, 0) is 61.7 Å². The molecular formula is C29H38FN3O2. The van der Waals surface area contributed by atoms with E-state index >= 15 is 0 Å². The molecule has 0 saturated heterocycles. The van der Waals surface area contributed by atoms with Crippen molar-refractivity contribution in [1.82, 2.24) is 9.88 Å². The SMILES string of the molecule is CC.CCCc1cccc(F)c1CN1C(=O)C(C)(C)c2ccc(C(=O)NCc3cccn3C)cc21.[HH]. The first-order chi connectivity index (χ1) is 16.7. The van der Waals surface area contributed by atoms with Crippen molar-refractivity contribution >= 4 is 17.5 Å². The van der Waals surface area contributed by atoms with Crippen LogP contribution in [0.2, 0.25) is 0 Å². The van der Waals surface area contributed by atoms with E-state index in [1.807, 2.05) is 69.8 Å². The zero-order valence-corrected chi connectivity index (χ0v) is 21.6. The first kappa shape index (κ1) is 26.2. The summed E-state index contributed by atoms with van der Waals surface area (Å²) < 4.78 is 16.7. The van der Waals surface area contributed by atoms with Crippen LogP contribution in [0.25, 0.3) is 0 Å². The largest absolute Gasteiger partial charge is 0.353 e. The predicted octanol–water partition coefficient (Wildman–Crippen LogP) is 6.14. The molecule has 1 aliphatic heterocycles. The van der Waals surface area contributed by atoms with E-state index in [0.29, 0.717) is 23.4 Å². The minimum atomic E-state index is -0.746. The lowest BCUT2D eigenvalue weighted by atomic mass is 9.86. The Morgan fingerprint density at radius 2 is 1.86 bits per heavy atom. The van der Waals surface area contributed by atoms with Gasteiger partial charge in [-0.2, -0.15) is 0 Å². The molecule has 2 heterocycles. The van der Waals surface area contributed by atoms with Gasteiger partial charge in [0.05, 0.1) is 18.5 Å². The third-order valence-corrected chi connectivity index (χ3v) is 6.54. The molecule has 0 unspecified atom stereocenters. The number of anilines is 1. The number of benzene rings is 2. The Labute approximate surface area is 209 Å². The Bertz CT molecular complexity index is 1220. The van der Waals surface area contributed by atoms with Crippen LogP contribution >= 0.6 is 0 Å². The molecular weight excluding hydrogens is 441 g/mol. The molecule has 0 fully saturated rings. The maximum Gasteiger partial charge on any atom is 0.251 e. The first-order valence-corrected chi connectivity index (χ1v) is 12.3. The van der Waals surface area contributed by atoms with E-state index in [2.05, 4.69) is 12.2 Å². The topological polar surface area (TPSA) is 54.3 Å². The standard InChI is InChI=1S/C27H30FN3O2.C2H6.H2/c1-5-8-18-9-6-11-23(28)21(18)17-31-24-15-19(12-13-22(24)27(2,3)26(31)33)25(32)29-16-20-10-7-14-30(20)4;1-2;/h6-7,9-15H,5,8,16-17H2,1-4H3,(H,29,32);1-2H3;1H. The van der Waals surface area contributed by atoms with Gasteiger partial charge in [0.25, 0.3) is 5.91 Å². The van der Waals surface area contributed by atoms with Gasteiger partial charge in [-0.25, -0.2) is 4.39 Å². The molecule has 0 radical (unpaired) electrons. The summed E-state index contributed by atoms with van der Waals surface area (Å²) in [6.45, 7) is 10.3. The fourth-order valence-electron chi connectivity index (χ4n) is 4.54. The Balaban J connectivity index is 0.00000148. The number of hydrogen-bond donors (Lipinski definition) is 1. The van der Waals surface area contributed by atoms with Crippen molar-refractivity contribution in [1.29, 1.82) is 0 Å². The van der Waals surface area contributed by atoms with Gasteiger partial charge in [0.2, 0.25) is 5.91 Å². The van der Waals surface area contributed by atoms with Crippen LogP contribution in [0.4, 0.5) is 10.1 Å². The number of rotatable bonds is 7. The minimum Gasteiger partial charge on any atom is -0.353 e. The number of nitrogens with zero attached hydrogens (tertiary/aromatic N) is 2. The van der Waals surface area contributed by atoms with E-state index in [-0.39, 0.29) is 25.6 Å². The lowest BCUT2D eigenvalue weighted by Crippen LogP contribution is -2.36. The molecule has 2 aromatic carbocycles. The molecule has 6 heteroatoms. The molecule has 0 aliphatic carbocycles. The maximum atomic E-state index is 14.8. The predicted molar refractivity (Wildman–Crippen MR) is 141 cm³/mol. The van der Waals surface area contributed by atoms with Crippen LogP contribution < -0.4 is 10.2 Å². The highest BCUT2D eigenvalue weighted by Gasteiger charge is 2.44. The van der Waals surface area contributed by atoms with Gasteiger partial charge in [0.15, 0.2) is 0 Å². The van der Waals surface area contributed by atoms with Crippen molar-refractivity contribution in [2.45, 2.75) is 66.0 Å². The Morgan fingerprint density at radius 3 is 2.51 bits per heavy atom. The van der Waals surface area contributed by atoms with Crippen LogP contribution in [0.1, 0.15) is 75.2 Å². The molecule has 5 nitrogen and oxygen atoms in total. The number of nitrogens with one attached hydrogen (secondary N) is 1. The van der Waals surface area contributed by atoms with Crippen LogP contribution in [0.15, 0.2) is 54.7 Å². The number of aromatic nitrogens is 1. The lowest BCUT2D eigenvalue weighted by molar-refractivity contribution is -0.122. The number of amides is 2. The Kier molecular flexibility index (Phi) is 8.15. The number of carbonyl (C=O) groups is 2. The van der Waals surface area contributed by atoms with Crippen molar-refractivity contribution in [2.24, 2.45) is 7.05 Å². The molecule has 188 valence electrons. The van der Waals surface area contributed by atoms with Gasteiger partial charge in [0, 0.05) is 37.2 Å². The summed E-state index contributed by atoms with van der Waals surface area (Å²) in [7, 11) is 1.93. The molecule has 0 bridgehead atoms. The molecule has 4 rings (SSSR count). The molecule has 1 aliphatic rings. The van der Waals surface area contributed by atoms with Gasteiger partial charge in [-0.15, -0.1) is 0 Å². The maximum absolute atomic E-state index is 14.8. The molecule has 1 aromatic heterocycles. The van der Waals surface area contributed by atoms with E-state index in [1.165, 1.54) is 6.07 Å². The fraction of sp³-hybridized carbons (Fsp3) is 0.379. The first-order valence-electron chi connectivity index (χ1n) is 12.3. The summed E-state index contributed by atoms with van der Waals surface area (Å²) in [6.07, 6.45) is 3.56. The summed E-state index contributed by atoms with van der Waals surface area (Å²) in [5.41, 5.74) is 3.68. The van der Waals surface area contributed by atoms with Crippen molar-refractivity contribution in [2.75, 3.05) is 4.90 Å². The number of aryl methyl sites for hydroxylation is 2. The number of carbonyl (C=O) groups excluding carboxylic acids is 2. The lowest BCUT2D eigenvalue weighted by Gasteiger charge is -2.22. The van der Waals surface area contributed by atoms with Crippen LogP contribution in [0, 0.1) is 5.82 Å². The van der Waals surface area contributed by atoms with Crippen molar-refractivity contribution in [3.63, 3.8) is 0 Å². The second-order valence-electron chi connectivity index (χ2n) is 9.17. The second kappa shape index (κ2) is 10.9. The third kappa shape index (κ3) is 5.16. The van der Waals surface area contributed by atoms with E-state index < -0.39 is 5.41 Å². The molecule has 0 spiro atoms. The average molecular weight is 480 g/mol. The zero-order valence-electron chi connectivity index (χ0n) is 21.6. The van der Waals surface area contributed by atoms with Gasteiger partial charge < -0.3 is 14.8 Å². The number of hydrogen-bond acceptors (Lipinski definition) is 2. The second-order valence-corrected chi connectivity index (χ2v) is 9.17. The van der Waals surface area contributed by atoms with Crippen molar-refractivity contribution < 1.29 is 15.4 Å². The Hall–Kier alpha value is -3.41. The fourth-order valence-corrected chi connectivity index (χ4v) is 4.54. The number of halogens is 1. The van der Waals surface area contributed by atoms with Crippen LogP contribution in [-0.2, 0) is 36.8 Å². The zero-order chi connectivity index (χ0) is 25.8. The average Bonchev–Trinajstić information content (AvgIpc) is 3.34. The highest BCUT2D eigenvalue weighted by Crippen LogP contribution is 2.43. The minimum absolute atomic E-state index is 0. The summed E-state index contributed by atoms with van der Waals surface area (Å²) >= 11 is 0. The van der Waals surface area contributed by atoms with Crippen molar-refractivity contribution in [3.05, 3.63) is 88.5 Å². The van der Waals surface area contributed by atoms with Gasteiger partial charge in [-0.3, -0.25) is 9.59 Å². The van der Waals surface area contributed by atoms with Crippen LogP contribution in [0.3, 0.4) is 0 Å². The van der Waals surface area contributed by atoms with Gasteiger partial charge in [0.1, 0.15) is 5.82 Å². The summed E-state index contributed by atoms with van der Waals surface area (Å²) in [5, 5.41) is 2.94. The van der Waals surface area contributed by atoms with Crippen LogP contribution in [0.5, 0.6) is 0 Å². The molecule has 35 heavy (non-hydrogen) atoms. The van der Waals surface area contributed by atoms with Gasteiger partial charge >= 0.3 is 0 Å². The van der Waals surface area contributed by atoms with Crippen LogP contribution in [-0.4, -0.2) is 16.4 Å². The third-order valence-electron chi connectivity index (χ3n) is 6.54. The molecule has 2 amide bonds. The normalized spacial score (nSPS) is 13.8. The quantitative estimate of drug-likeness (QED) is 0.442. The molecule has 0 atom stereocenters. The molecule has 1 N–H and O–H groups in total. The smallest absolute Gasteiger partial charge is 0.251 e. The van der Waals surface area contributed by atoms with E-state index in [9.17, 15) is 14.0 Å². The highest BCUT2D eigenvalue weighted by molar-refractivity contribution is 6.09. The van der Waals surface area contributed by atoms with Gasteiger partial charge in [-0.1, -0.05) is 45.4 Å². The monoisotopic (exact) mass is 479 g/mol. The molecule has 3 aromatic rings. The summed E-state index contributed by atoms with van der Waals surface area (Å²) in [4.78, 5) is 27.9. The molecule has 0 saturated carbocycles.